The predicted octanol–water partition coefficient (Wildman–Crippen LogP) is 3.01. The summed E-state index contributed by atoms with van der Waals surface area (Å²) in [6.45, 7) is 1.70. The van der Waals surface area contributed by atoms with Crippen molar-refractivity contribution in [3.63, 3.8) is 0 Å². The molecule has 0 amide bonds. The maximum absolute atomic E-state index is 13.3. The van der Waals surface area contributed by atoms with E-state index in [0.29, 0.717) is 27.6 Å². The summed E-state index contributed by atoms with van der Waals surface area (Å²) in [5.74, 6) is 0.375. The van der Waals surface area contributed by atoms with Crippen molar-refractivity contribution in [1.29, 1.82) is 0 Å². The fraction of sp³-hybridized carbons (Fsp3) is 0.0909. The van der Waals surface area contributed by atoms with Crippen molar-refractivity contribution in [2.75, 3.05) is 11.1 Å². The lowest BCUT2D eigenvalue weighted by molar-refractivity contribution is 0.619. The Hall–Kier alpha value is -1.69. The van der Waals surface area contributed by atoms with Crippen LogP contribution in [0.25, 0.3) is 0 Å². The average molecular weight is 297 g/mol. The molecular formula is C11H10BrFN4. The quantitative estimate of drug-likeness (QED) is 0.836. The monoisotopic (exact) mass is 296 g/mol. The summed E-state index contributed by atoms with van der Waals surface area (Å²) in [5, 5.41) is 2.88. The molecule has 0 aliphatic heterocycles. The minimum absolute atomic E-state index is 0.280. The van der Waals surface area contributed by atoms with E-state index >= 15 is 0 Å². The lowest BCUT2D eigenvalue weighted by Gasteiger charge is -2.06. The number of rotatable bonds is 2. The number of aryl methyl sites for hydroxylation is 1. The molecule has 88 valence electrons. The molecule has 0 fully saturated rings. The summed E-state index contributed by atoms with van der Waals surface area (Å²) in [7, 11) is 0. The number of anilines is 3. The number of hydrogen-bond acceptors (Lipinski definition) is 4. The van der Waals surface area contributed by atoms with Gasteiger partial charge in [0.1, 0.15) is 16.2 Å². The molecule has 1 aromatic heterocycles. The van der Waals surface area contributed by atoms with Crippen molar-refractivity contribution in [3.8, 4) is 0 Å². The molecule has 0 bridgehead atoms. The largest absolute Gasteiger partial charge is 0.383 e. The third kappa shape index (κ3) is 2.91. The standard InChI is InChI=1S/C11H10BrFN4/c1-6-2-3-7(4-8(6)13)15-11-16-9(12)5-10(14)17-11/h2-5H,1H3,(H3,14,15,16,17). The first-order valence-electron chi connectivity index (χ1n) is 4.88. The molecule has 0 unspecified atom stereocenters. The second-order valence-electron chi connectivity index (χ2n) is 3.53. The van der Waals surface area contributed by atoms with Gasteiger partial charge in [-0.15, -0.1) is 0 Å². The van der Waals surface area contributed by atoms with Crippen molar-refractivity contribution in [2.45, 2.75) is 6.92 Å². The molecule has 0 spiro atoms. The van der Waals surface area contributed by atoms with Crippen molar-refractivity contribution in [3.05, 3.63) is 40.2 Å². The second-order valence-corrected chi connectivity index (χ2v) is 4.34. The number of nitrogens with zero attached hydrogens (tertiary/aromatic N) is 2. The van der Waals surface area contributed by atoms with Crippen LogP contribution in [-0.4, -0.2) is 9.97 Å². The third-order valence-electron chi connectivity index (χ3n) is 2.14. The predicted molar refractivity (Wildman–Crippen MR) is 68.6 cm³/mol. The summed E-state index contributed by atoms with van der Waals surface area (Å²) in [4.78, 5) is 8.06. The number of nitrogens with one attached hydrogen (secondary N) is 1. The van der Waals surface area contributed by atoms with Crippen LogP contribution >= 0.6 is 15.9 Å². The Morgan fingerprint density at radius 1 is 1.29 bits per heavy atom. The van der Waals surface area contributed by atoms with Gasteiger partial charge in [0.15, 0.2) is 0 Å². The van der Waals surface area contributed by atoms with Gasteiger partial charge in [-0.3, -0.25) is 0 Å². The minimum Gasteiger partial charge on any atom is -0.383 e. The maximum atomic E-state index is 13.3. The third-order valence-corrected chi connectivity index (χ3v) is 2.55. The smallest absolute Gasteiger partial charge is 0.230 e. The van der Waals surface area contributed by atoms with Gasteiger partial charge in [0.2, 0.25) is 5.95 Å². The number of hydrogen-bond donors (Lipinski definition) is 2. The molecule has 0 radical (unpaired) electrons. The Balaban J connectivity index is 2.28. The Kier molecular flexibility index (Phi) is 3.23. The first kappa shape index (κ1) is 11.8. The van der Waals surface area contributed by atoms with Crippen molar-refractivity contribution >= 4 is 33.4 Å². The van der Waals surface area contributed by atoms with Crippen molar-refractivity contribution in [2.24, 2.45) is 0 Å². The number of aromatic nitrogens is 2. The van der Waals surface area contributed by atoms with Gasteiger partial charge in [-0.2, -0.15) is 4.98 Å². The first-order valence-corrected chi connectivity index (χ1v) is 5.67. The lowest BCUT2D eigenvalue weighted by Crippen LogP contribution is -2.01. The summed E-state index contributed by atoms with van der Waals surface area (Å²) in [6.07, 6.45) is 0. The zero-order chi connectivity index (χ0) is 12.4. The molecule has 0 saturated heterocycles. The molecule has 0 saturated carbocycles. The molecule has 3 N–H and O–H groups in total. The van der Waals surface area contributed by atoms with Crippen LogP contribution < -0.4 is 11.1 Å². The number of nitrogens with two attached hydrogens (primary N) is 1. The SMILES string of the molecule is Cc1ccc(Nc2nc(N)cc(Br)n2)cc1F. The minimum atomic E-state index is -0.280. The van der Waals surface area contributed by atoms with Gasteiger partial charge in [-0.25, -0.2) is 9.37 Å². The molecule has 2 aromatic rings. The van der Waals surface area contributed by atoms with Crippen molar-refractivity contribution < 1.29 is 4.39 Å². The van der Waals surface area contributed by atoms with E-state index in [1.54, 1.807) is 25.1 Å². The van der Waals surface area contributed by atoms with Gasteiger partial charge in [0.25, 0.3) is 0 Å². The summed E-state index contributed by atoms with van der Waals surface area (Å²) < 4.78 is 13.9. The Labute approximate surface area is 106 Å². The molecule has 4 nitrogen and oxygen atoms in total. The van der Waals surface area contributed by atoms with Crippen LogP contribution in [0.3, 0.4) is 0 Å². The van der Waals surface area contributed by atoms with Gasteiger partial charge >= 0.3 is 0 Å². The zero-order valence-corrected chi connectivity index (χ0v) is 10.6. The highest BCUT2D eigenvalue weighted by Crippen LogP contribution is 2.19. The summed E-state index contributed by atoms with van der Waals surface area (Å²) >= 11 is 3.21. The van der Waals surface area contributed by atoms with E-state index in [1.165, 1.54) is 6.07 Å². The van der Waals surface area contributed by atoms with E-state index in [1.807, 2.05) is 0 Å². The topological polar surface area (TPSA) is 63.8 Å². The number of benzene rings is 1. The first-order chi connectivity index (χ1) is 8.04. The number of nitrogen functional groups attached to an aromatic ring is 1. The van der Waals surface area contributed by atoms with E-state index in [9.17, 15) is 4.39 Å². The molecule has 1 aromatic carbocycles. The highest BCUT2D eigenvalue weighted by molar-refractivity contribution is 9.10. The molecule has 2 rings (SSSR count). The highest BCUT2D eigenvalue weighted by atomic mass is 79.9. The van der Waals surface area contributed by atoms with E-state index < -0.39 is 0 Å². The Morgan fingerprint density at radius 2 is 2.06 bits per heavy atom. The molecular weight excluding hydrogens is 287 g/mol. The Bertz CT molecular complexity index is 539. The maximum Gasteiger partial charge on any atom is 0.230 e. The van der Waals surface area contributed by atoms with Crippen LogP contribution in [0.5, 0.6) is 0 Å². The van der Waals surface area contributed by atoms with Gasteiger partial charge < -0.3 is 11.1 Å². The van der Waals surface area contributed by atoms with E-state index in [4.69, 9.17) is 5.73 Å². The fourth-order valence-electron chi connectivity index (χ4n) is 1.29. The van der Waals surface area contributed by atoms with E-state index in [2.05, 4.69) is 31.2 Å². The molecule has 17 heavy (non-hydrogen) atoms. The van der Waals surface area contributed by atoms with E-state index in [0.717, 1.165) is 0 Å². The summed E-state index contributed by atoms with van der Waals surface area (Å²) in [5.41, 5.74) is 6.73. The van der Waals surface area contributed by atoms with Crippen LogP contribution in [-0.2, 0) is 0 Å². The Morgan fingerprint density at radius 3 is 2.71 bits per heavy atom. The van der Waals surface area contributed by atoms with Crippen molar-refractivity contribution in [1.82, 2.24) is 9.97 Å². The van der Waals surface area contributed by atoms with Gasteiger partial charge in [0.05, 0.1) is 0 Å². The molecule has 0 aliphatic carbocycles. The highest BCUT2D eigenvalue weighted by Gasteiger charge is 2.03. The van der Waals surface area contributed by atoms with Gasteiger partial charge in [-0.1, -0.05) is 6.07 Å². The average Bonchev–Trinajstić information content (AvgIpc) is 2.22. The normalized spacial score (nSPS) is 10.3. The van der Waals surface area contributed by atoms with Crippen LogP contribution in [0.15, 0.2) is 28.9 Å². The van der Waals surface area contributed by atoms with Gasteiger partial charge in [0, 0.05) is 11.8 Å². The van der Waals surface area contributed by atoms with Crippen LogP contribution in [0, 0.1) is 12.7 Å². The second kappa shape index (κ2) is 4.67. The van der Waals surface area contributed by atoms with Crippen LogP contribution in [0.2, 0.25) is 0 Å². The fourth-order valence-corrected chi connectivity index (χ4v) is 1.69. The molecule has 0 aliphatic rings. The van der Waals surface area contributed by atoms with Crippen LogP contribution in [0.1, 0.15) is 5.56 Å². The number of halogens is 2. The molecule has 6 heteroatoms. The molecule has 1 heterocycles. The zero-order valence-electron chi connectivity index (χ0n) is 9.04. The lowest BCUT2D eigenvalue weighted by atomic mass is 10.2. The van der Waals surface area contributed by atoms with E-state index in [-0.39, 0.29) is 5.82 Å². The van der Waals surface area contributed by atoms with Crippen LogP contribution in [0.4, 0.5) is 21.8 Å². The molecule has 0 atom stereocenters. The summed E-state index contributed by atoms with van der Waals surface area (Å²) in [6, 6.07) is 6.40. The van der Waals surface area contributed by atoms with Gasteiger partial charge in [-0.05, 0) is 40.5 Å².